The van der Waals surface area contributed by atoms with Gasteiger partial charge in [0, 0.05) is 0 Å². The number of aliphatic imine (C=N–C) groups is 1. The van der Waals surface area contributed by atoms with Crippen LogP contribution in [0.4, 0.5) is 0 Å². The molecule has 0 aromatic carbocycles. The van der Waals surface area contributed by atoms with Crippen molar-refractivity contribution in [1.82, 2.24) is 0 Å². The van der Waals surface area contributed by atoms with Crippen molar-refractivity contribution in [2.24, 2.45) is 10.4 Å². The van der Waals surface area contributed by atoms with Crippen LogP contribution in [0.1, 0.15) is 27.7 Å². The van der Waals surface area contributed by atoms with Crippen LogP contribution in [0.3, 0.4) is 0 Å². The summed E-state index contributed by atoms with van der Waals surface area (Å²) in [4.78, 5) is 4.17. The van der Waals surface area contributed by atoms with E-state index in [0.29, 0.717) is 0 Å². The van der Waals surface area contributed by atoms with E-state index in [2.05, 4.69) is 31.8 Å². The maximum absolute atomic E-state index is 4.17. The Labute approximate surface area is 80.0 Å². The first-order valence-corrected chi connectivity index (χ1v) is 5.11. The van der Waals surface area contributed by atoms with Crippen molar-refractivity contribution in [3.63, 3.8) is 0 Å². The molecule has 0 fully saturated rings. The third-order valence-corrected chi connectivity index (χ3v) is 1.32. The first-order valence-electron chi connectivity index (χ1n) is 3.64. The predicted octanol–water partition coefficient (Wildman–Crippen LogP) is 2.36. The molecule has 0 aliphatic carbocycles. The van der Waals surface area contributed by atoms with E-state index in [1.165, 1.54) is 23.4 Å². The second kappa shape index (κ2) is 4.77. The molecule has 0 saturated carbocycles. The zero-order valence-electron chi connectivity index (χ0n) is 7.59. The van der Waals surface area contributed by atoms with E-state index in [-0.39, 0.29) is 5.41 Å². The molecule has 62 valence electrons. The summed E-state index contributed by atoms with van der Waals surface area (Å²) >= 11 is 1.43. The van der Waals surface area contributed by atoms with Gasteiger partial charge in [0.15, 0.2) is 0 Å². The van der Waals surface area contributed by atoms with Crippen LogP contribution >= 0.6 is 0 Å². The standard InChI is InChI=1S/C9H15N.W/c1-5-10-8-6-7-9(2,3)4;/h6-8H,1-4H3;. The van der Waals surface area contributed by atoms with E-state index in [4.69, 9.17) is 0 Å². The van der Waals surface area contributed by atoms with Gasteiger partial charge in [0.1, 0.15) is 0 Å². The molecule has 0 amide bonds. The van der Waals surface area contributed by atoms with Crippen LogP contribution in [0, 0.1) is 5.41 Å². The molecule has 0 unspecified atom stereocenters. The minimum absolute atomic E-state index is 0.264. The number of nitrogens with zero attached hydrogens (tertiary/aromatic N) is 1. The normalized spacial score (nSPS) is 13.1. The molecule has 0 saturated heterocycles. The van der Waals surface area contributed by atoms with Gasteiger partial charge in [0.2, 0.25) is 0 Å². The van der Waals surface area contributed by atoms with Crippen LogP contribution < -0.4 is 0 Å². The summed E-state index contributed by atoms with van der Waals surface area (Å²) in [6.45, 7) is 8.54. The van der Waals surface area contributed by atoms with Gasteiger partial charge in [-0.2, -0.15) is 0 Å². The minimum atomic E-state index is 0.264. The Morgan fingerprint density at radius 3 is 2.27 bits per heavy atom. The second-order valence-electron chi connectivity index (χ2n) is 3.52. The third-order valence-electron chi connectivity index (χ3n) is 0.939. The van der Waals surface area contributed by atoms with E-state index in [1.807, 2.05) is 19.2 Å². The van der Waals surface area contributed by atoms with E-state index in [9.17, 15) is 0 Å². The monoisotopic (exact) mass is 321 g/mol. The Morgan fingerprint density at radius 1 is 1.36 bits per heavy atom. The molecular formula is C9H15NW. The van der Waals surface area contributed by atoms with E-state index < -0.39 is 0 Å². The first kappa shape index (κ1) is 11.0. The van der Waals surface area contributed by atoms with Gasteiger partial charge in [-0.05, 0) is 0 Å². The summed E-state index contributed by atoms with van der Waals surface area (Å²) in [7, 11) is 0. The number of hydrogen-bond acceptors (Lipinski definition) is 1. The molecule has 0 N–H and O–H groups in total. The van der Waals surface area contributed by atoms with Crippen LogP contribution in [0.15, 0.2) is 17.1 Å². The fraction of sp³-hybridized carbons (Fsp3) is 0.556. The summed E-state index contributed by atoms with van der Waals surface area (Å²) < 4.78 is 1.17. The van der Waals surface area contributed by atoms with Crippen LogP contribution in [0.25, 0.3) is 0 Å². The molecule has 0 rings (SSSR count). The van der Waals surface area contributed by atoms with Crippen molar-refractivity contribution in [1.29, 1.82) is 0 Å². The molecule has 0 aromatic rings. The van der Waals surface area contributed by atoms with Crippen LogP contribution in [-0.2, 0) is 19.4 Å². The molecule has 0 heterocycles. The summed E-state index contributed by atoms with van der Waals surface area (Å²) in [6.07, 6.45) is 6.01. The van der Waals surface area contributed by atoms with Crippen molar-refractivity contribution < 1.29 is 19.4 Å². The molecule has 0 spiro atoms. The Balaban J connectivity index is 3.88. The molecule has 1 nitrogen and oxygen atoms in total. The Kier molecular flexibility index (Phi) is 4.75. The van der Waals surface area contributed by atoms with Gasteiger partial charge in [-0.3, -0.25) is 0 Å². The summed E-state index contributed by atoms with van der Waals surface area (Å²) in [6, 6.07) is 0. The third kappa shape index (κ3) is 9.97. The molecule has 11 heavy (non-hydrogen) atoms. The van der Waals surface area contributed by atoms with Gasteiger partial charge in [-0.15, -0.1) is 0 Å². The summed E-state index contributed by atoms with van der Waals surface area (Å²) in [5, 5.41) is 0. The topological polar surface area (TPSA) is 12.4 Å². The molecule has 0 atom stereocenters. The van der Waals surface area contributed by atoms with E-state index in [0.717, 1.165) is 0 Å². The second-order valence-corrected chi connectivity index (χ2v) is 5.64. The fourth-order valence-corrected chi connectivity index (χ4v) is 0.698. The van der Waals surface area contributed by atoms with Gasteiger partial charge >= 0.3 is 79.8 Å². The summed E-state index contributed by atoms with van der Waals surface area (Å²) in [5.41, 5.74) is 0.264. The number of allylic oxidation sites excluding steroid dienone is 2. The van der Waals surface area contributed by atoms with Gasteiger partial charge in [-0.1, -0.05) is 0 Å². The van der Waals surface area contributed by atoms with E-state index in [1.54, 1.807) is 0 Å². The fourth-order valence-electron chi connectivity index (χ4n) is 0.480. The van der Waals surface area contributed by atoms with E-state index >= 15 is 0 Å². The molecule has 2 heteroatoms. The molecule has 0 aromatic heterocycles. The van der Waals surface area contributed by atoms with Gasteiger partial charge in [0.25, 0.3) is 0 Å². The van der Waals surface area contributed by atoms with Gasteiger partial charge in [0.05, 0.1) is 0 Å². The Morgan fingerprint density at radius 2 is 1.91 bits per heavy atom. The zero-order chi connectivity index (χ0) is 8.91. The Bertz CT molecular complexity index is 184. The van der Waals surface area contributed by atoms with Crippen LogP contribution in [-0.4, -0.2) is 10.2 Å². The first-order chi connectivity index (χ1) is 4.92. The van der Waals surface area contributed by atoms with Crippen LogP contribution in [0.5, 0.6) is 0 Å². The van der Waals surface area contributed by atoms with Crippen LogP contribution in [0.2, 0.25) is 0 Å². The molecule has 0 aliphatic heterocycles. The average molecular weight is 321 g/mol. The van der Waals surface area contributed by atoms with Crippen molar-refractivity contribution in [3.05, 3.63) is 12.2 Å². The van der Waals surface area contributed by atoms with Crippen molar-refractivity contribution in [2.45, 2.75) is 27.7 Å². The molecule has 0 aliphatic rings. The van der Waals surface area contributed by atoms with Crippen molar-refractivity contribution in [3.8, 4) is 0 Å². The zero-order valence-corrected chi connectivity index (χ0v) is 10.5. The number of hydrogen-bond donors (Lipinski definition) is 0. The van der Waals surface area contributed by atoms with Crippen molar-refractivity contribution in [2.75, 3.05) is 0 Å². The molecule has 0 bridgehead atoms. The van der Waals surface area contributed by atoms with Gasteiger partial charge in [-0.25, -0.2) is 0 Å². The SMILES string of the molecule is C[C](=[W])N=CC=CC(C)(C)C. The van der Waals surface area contributed by atoms with Crippen molar-refractivity contribution >= 4 is 10.2 Å². The van der Waals surface area contributed by atoms with Gasteiger partial charge < -0.3 is 0 Å². The average Bonchev–Trinajstić information content (AvgIpc) is 1.78. The predicted molar refractivity (Wildman–Crippen MR) is 47.8 cm³/mol. The Hall–Kier alpha value is -0.0317. The molecule has 0 radical (unpaired) electrons. The maximum atomic E-state index is 4.17. The molecular weight excluding hydrogens is 306 g/mol. The quantitative estimate of drug-likeness (QED) is 0.693. The summed E-state index contributed by atoms with van der Waals surface area (Å²) in [5.74, 6) is 0. The number of rotatable bonds is 2.